The van der Waals surface area contributed by atoms with Crippen LogP contribution in [0.15, 0.2) is 84.0 Å². The summed E-state index contributed by atoms with van der Waals surface area (Å²) in [5.41, 5.74) is 7.97. The molecule has 3 aromatic rings. The molecule has 0 unspecified atom stereocenters. The van der Waals surface area contributed by atoms with Crippen LogP contribution in [-0.4, -0.2) is 5.71 Å². The monoisotopic (exact) mass is 338 g/mol. The van der Waals surface area contributed by atoms with Crippen LogP contribution in [0.2, 0.25) is 0 Å². The first-order valence-corrected chi connectivity index (χ1v) is 9.47. The molecule has 1 aliphatic heterocycles. The molecule has 26 heavy (non-hydrogen) atoms. The van der Waals surface area contributed by atoms with Crippen molar-refractivity contribution >= 4 is 11.4 Å². The van der Waals surface area contributed by atoms with Gasteiger partial charge in [0.2, 0.25) is 0 Å². The number of anilines is 1. The summed E-state index contributed by atoms with van der Waals surface area (Å²) in [6.07, 6.45) is 4.66. The van der Waals surface area contributed by atoms with E-state index in [1.54, 1.807) is 0 Å². The molecule has 0 fully saturated rings. The van der Waals surface area contributed by atoms with Gasteiger partial charge in [-0.15, -0.1) is 0 Å². The van der Waals surface area contributed by atoms with Crippen molar-refractivity contribution in [2.75, 3.05) is 5.01 Å². The summed E-state index contributed by atoms with van der Waals surface area (Å²) in [7, 11) is 0. The van der Waals surface area contributed by atoms with E-state index in [2.05, 4.69) is 83.9 Å². The van der Waals surface area contributed by atoms with Crippen molar-refractivity contribution < 1.29 is 0 Å². The van der Waals surface area contributed by atoms with Gasteiger partial charge < -0.3 is 0 Å². The predicted octanol–water partition coefficient (Wildman–Crippen LogP) is 5.53. The number of fused-ring (bicyclic) bond motifs is 1. The number of hydrazone groups is 1. The summed E-state index contributed by atoms with van der Waals surface area (Å²) in [6, 6.07) is 28.4. The molecule has 3 aromatic carbocycles. The maximum Gasteiger partial charge on any atom is 0.0831 e. The molecule has 2 aliphatic rings. The number of para-hydroxylation sites is 1. The number of benzene rings is 3. The molecule has 128 valence electrons. The van der Waals surface area contributed by atoms with Crippen LogP contribution in [0.4, 0.5) is 5.69 Å². The highest BCUT2D eigenvalue weighted by Crippen LogP contribution is 2.37. The number of aryl methyl sites for hydroxylation is 2. The molecule has 0 radical (unpaired) electrons. The van der Waals surface area contributed by atoms with Gasteiger partial charge in [-0.2, -0.15) is 5.10 Å². The molecule has 0 spiro atoms. The summed E-state index contributed by atoms with van der Waals surface area (Å²) in [6.45, 7) is 0. The van der Waals surface area contributed by atoms with Crippen molar-refractivity contribution in [2.24, 2.45) is 5.10 Å². The van der Waals surface area contributed by atoms with Crippen molar-refractivity contribution in [3.8, 4) is 0 Å². The maximum atomic E-state index is 5.06. The van der Waals surface area contributed by atoms with Crippen molar-refractivity contribution in [3.63, 3.8) is 0 Å². The molecule has 0 aromatic heterocycles. The lowest BCUT2D eigenvalue weighted by Gasteiger charge is -2.23. The lowest BCUT2D eigenvalue weighted by Crippen LogP contribution is -2.18. The Morgan fingerprint density at radius 2 is 1.50 bits per heavy atom. The third-order valence-corrected chi connectivity index (χ3v) is 5.55. The van der Waals surface area contributed by atoms with Gasteiger partial charge in [0.1, 0.15) is 0 Å². The minimum Gasteiger partial charge on any atom is -0.257 e. The molecule has 2 heteroatoms. The van der Waals surface area contributed by atoms with Crippen LogP contribution in [0.3, 0.4) is 0 Å². The zero-order chi connectivity index (χ0) is 17.3. The van der Waals surface area contributed by atoms with Gasteiger partial charge in [-0.1, -0.05) is 60.7 Å². The third kappa shape index (κ3) is 2.72. The van der Waals surface area contributed by atoms with Crippen LogP contribution in [-0.2, 0) is 12.8 Å². The first-order valence-electron chi connectivity index (χ1n) is 9.47. The van der Waals surface area contributed by atoms with E-state index in [0.29, 0.717) is 0 Å². The Kier molecular flexibility index (Phi) is 3.82. The first-order chi connectivity index (χ1) is 12.9. The Hall–Kier alpha value is -2.87. The average Bonchev–Trinajstić information content (AvgIpc) is 3.36. The summed E-state index contributed by atoms with van der Waals surface area (Å²) in [4.78, 5) is 0. The van der Waals surface area contributed by atoms with Gasteiger partial charge in [0.25, 0.3) is 0 Å². The van der Waals surface area contributed by atoms with E-state index in [1.165, 1.54) is 47.2 Å². The summed E-state index contributed by atoms with van der Waals surface area (Å²) in [5, 5.41) is 7.25. The van der Waals surface area contributed by atoms with Gasteiger partial charge in [0.05, 0.1) is 17.4 Å². The lowest BCUT2D eigenvalue weighted by atomic mass is 9.96. The molecule has 0 N–H and O–H groups in total. The van der Waals surface area contributed by atoms with Gasteiger partial charge in [-0.3, -0.25) is 5.01 Å². The minimum absolute atomic E-state index is 0.252. The highest BCUT2D eigenvalue weighted by Gasteiger charge is 2.30. The van der Waals surface area contributed by atoms with Crippen molar-refractivity contribution in [1.29, 1.82) is 0 Å². The summed E-state index contributed by atoms with van der Waals surface area (Å²) < 4.78 is 0. The standard InChI is InChI=1S/C24H22N2/c1-3-8-19(9-4-1)24-17-23(25-26(24)22-12-5-2-6-13-22)21-15-14-18-10-7-11-20(18)16-21/h1-6,8-9,12-16,24H,7,10-11,17H2/t24-/m0/s1. The van der Waals surface area contributed by atoms with Crippen LogP contribution in [0, 0.1) is 0 Å². The second-order valence-electron chi connectivity index (χ2n) is 7.19. The Balaban J connectivity index is 1.55. The summed E-state index contributed by atoms with van der Waals surface area (Å²) >= 11 is 0. The van der Waals surface area contributed by atoms with E-state index >= 15 is 0 Å². The Morgan fingerprint density at radius 3 is 2.31 bits per heavy atom. The number of hydrogen-bond donors (Lipinski definition) is 0. The Labute approximate surface area is 154 Å². The fourth-order valence-electron chi connectivity index (χ4n) is 4.19. The fraction of sp³-hybridized carbons (Fsp3) is 0.208. The zero-order valence-electron chi connectivity index (χ0n) is 14.8. The Bertz CT molecular complexity index is 944. The predicted molar refractivity (Wildman–Crippen MR) is 108 cm³/mol. The van der Waals surface area contributed by atoms with Gasteiger partial charge in [0, 0.05) is 6.42 Å². The molecule has 1 aliphatic carbocycles. The second-order valence-corrected chi connectivity index (χ2v) is 7.19. The van der Waals surface area contributed by atoms with Crippen LogP contribution < -0.4 is 5.01 Å². The summed E-state index contributed by atoms with van der Waals surface area (Å²) in [5.74, 6) is 0. The van der Waals surface area contributed by atoms with Gasteiger partial charge in [0.15, 0.2) is 0 Å². The maximum absolute atomic E-state index is 5.06. The van der Waals surface area contributed by atoms with E-state index < -0.39 is 0 Å². The molecule has 0 saturated carbocycles. The molecule has 1 heterocycles. The number of rotatable bonds is 3. The van der Waals surface area contributed by atoms with E-state index in [1.807, 2.05) is 0 Å². The molecule has 5 rings (SSSR count). The molecule has 0 saturated heterocycles. The molecule has 0 amide bonds. The molecular weight excluding hydrogens is 316 g/mol. The molecule has 2 nitrogen and oxygen atoms in total. The highest BCUT2D eigenvalue weighted by atomic mass is 15.5. The topological polar surface area (TPSA) is 15.6 Å². The van der Waals surface area contributed by atoms with E-state index in [9.17, 15) is 0 Å². The highest BCUT2D eigenvalue weighted by molar-refractivity contribution is 6.03. The van der Waals surface area contributed by atoms with Crippen molar-refractivity contribution in [2.45, 2.75) is 31.7 Å². The van der Waals surface area contributed by atoms with Gasteiger partial charge in [-0.05, 0) is 59.7 Å². The molecular formula is C24H22N2. The Morgan fingerprint density at radius 1 is 0.769 bits per heavy atom. The number of hydrogen-bond acceptors (Lipinski definition) is 2. The van der Waals surface area contributed by atoms with Crippen molar-refractivity contribution in [3.05, 3.63) is 101 Å². The fourth-order valence-corrected chi connectivity index (χ4v) is 4.19. The SMILES string of the molecule is c1ccc([C@@H]2CC(c3ccc4c(c3)CCC4)=NN2c2ccccc2)cc1. The largest absolute Gasteiger partial charge is 0.257 e. The lowest BCUT2D eigenvalue weighted by molar-refractivity contribution is 0.709. The smallest absolute Gasteiger partial charge is 0.0831 e. The minimum atomic E-state index is 0.252. The van der Waals surface area contributed by atoms with Crippen LogP contribution >= 0.6 is 0 Å². The molecule has 1 atom stereocenters. The van der Waals surface area contributed by atoms with E-state index in [-0.39, 0.29) is 6.04 Å². The third-order valence-electron chi connectivity index (χ3n) is 5.55. The normalized spacial score (nSPS) is 18.7. The molecule has 0 bridgehead atoms. The first kappa shape index (κ1) is 15.4. The van der Waals surface area contributed by atoms with E-state index in [4.69, 9.17) is 5.10 Å². The quantitative estimate of drug-likeness (QED) is 0.613. The second kappa shape index (κ2) is 6.45. The number of nitrogens with zero attached hydrogens (tertiary/aromatic N) is 2. The van der Waals surface area contributed by atoms with Gasteiger partial charge in [-0.25, -0.2) is 0 Å². The average molecular weight is 338 g/mol. The zero-order valence-corrected chi connectivity index (χ0v) is 14.8. The van der Waals surface area contributed by atoms with E-state index in [0.717, 1.165) is 12.1 Å². The van der Waals surface area contributed by atoms with Crippen LogP contribution in [0.25, 0.3) is 0 Å². The van der Waals surface area contributed by atoms with Crippen LogP contribution in [0.5, 0.6) is 0 Å². The van der Waals surface area contributed by atoms with Gasteiger partial charge >= 0.3 is 0 Å². The van der Waals surface area contributed by atoms with Crippen molar-refractivity contribution in [1.82, 2.24) is 0 Å². The van der Waals surface area contributed by atoms with Crippen LogP contribution in [0.1, 0.15) is 41.1 Å².